The van der Waals surface area contributed by atoms with Gasteiger partial charge in [0, 0.05) is 18.9 Å². The van der Waals surface area contributed by atoms with Crippen molar-refractivity contribution in [2.75, 3.05) is 52.9 Å². The minimum Gasteiger partial charge on any atom is -0.506 e. The quantitative estimate of drug-likeness (QED) is 0.107. The summed E-state index contributed by atoms with van der Waals surface area (Å²) in [7, 11) is 0. The van der Waals surface area contributed by atoms with Crippen LogP contribution in [0.2, 0.25) is 0 Å². The van der Waals surface area contributed by atoms with Crippen LogP contribution in [-0.2, 0) is 61.6 Å². The lowest BCUT2D eigenvalue weighted by Gasteiger charge is -2.49. The van der Waals surface area contributed by atoms with Crippen molar-refractivity contribution in [3.63, 3.8) is 0 Å². The summed E-state index contributed by atoms with van der Waals surface area (Å²) < 4.78 is 73.0. The maximum atomic E-state index is 11.3. The summed E-state index contributed by atoms with van der Waals surface area (Å²) in [6, 6.07) is 0. The average Bonchev–Trinajstić information content (AvgIpc) is 3.50. The lowest BCUT2D eigenvalue weighted by Crippen LogP contribution is -2.67. The highest BCUT2D eigenvalue weighted by molar-refractivity contribution is 5.08. The Kier molecular flexibility index (Phi) is 22.5. The van der Waals surface area contributed by atoms with E-state index >= 15 is 0 Å². The van der Waals surface area contributed by atoms with Crippen LogP contribution >= 0.6 is 0 Å². The van der Waals surface area contributed by atoms with E-state index in [-0.39, 0.29) is 0 Å². The molecule has 0 spiro atoms. The van der Waals surface area contributed by atoms with Gasteiger partial charge in [0.15, 0.2) is 49.3 Å². The number of hydrogen-bond acceptors (Lipinski definition) is 35. The van der Waals surface area contributed by atoms with Gasteiger partial charge in [0.2, 0.25) is 6.29 Å². The molecule has 15 rings (SSSR count). The first-order chi connectivity index (χ1) is 37.1. The Morgan fingerprint density at radius 1 is 0.295 bits per heavy atom. The Hall–Kier alpha value is -1.98. The second-order valence-corrected chi connectivity index (χ2v) is 19.5. The van der Waals surface area contributed by atoms with Crippen molar-refractivity contribution in [3.8, 4) is 0 Å². The van der Waals surface area contributed by atoms with Crippen molar-refractivity contribution in [1.29, 1.82) is 0 Å². The molecule has 454 valence electrons. The van der Waals surface area contributed by atoms with Gasteiger partial charge in [-0.25, -0.2) is 0 Å². The fraction of sp³-hybridized carbons (Fsp3) is 0.953. The van der Waals surface area contributed by atoms with Gasteiger partial charge >= 0.3 is 0 Å². The molecule has 6 fully saturated rings. The van der Waals surface area contributed by atoms with Crippen LogP contribution in [0.5, 0.6) is 0 Å². The van der Waals surface area contributed by atoms with Crippen molar-refractivity contribution in [1.82, 2.24) is 0 Å². The topological polar surface area (TPSA) is 565 Å². The van der Waals surface area contributed by atoms with E-state index in [0.717, 1.165) is 0 Å². The first-order valence-electron chi connectivity index (χ1n) is 24.8. The molecule has 22 N–H and O–H groups in total. The van der Waals surface area contributed by atoms with Crippen LogP contribution in [0.25, 0.3) is 0 Å². The number of aliphatic hydroxyl groups excluding tert-OH is 22. The molecule has 0 amide bonds. The van der Waals surface area contributed by atoms with Gasteiger partial charge in [0.25, 0.3) is 0 Å². The monoisotopic (exact) mass is 1150 g/mol. The standard InChI is InChI=1S/C43H72O35/c44-2-1-11-19(52)25(58)37(65)74-32-13(4-46)71-41(29(62)21(32)54)76-33-14(5-47)69-38(27(60)20(33)53)66-9-10-12(3-45)68-40(26(59)18(10)51)75-35-16(7-49)72-43(30(63)23(35)56)78-36-17(8-50)73-42(31(64)24(36)57)77-34-15(6-48)70-39(67-11)28(61)22(34)55/h10-18,20-24,26-65H,1-9H2/b25-19-/t10-,11+,12?,13?,14?,15?,16?,17?,18?,20?,21?,22+,23+,24?,26-,27?,28?,29+,30?,31-,32+,33+,34+,35+,36+,37+,38-,39-,40+,41+,42+,43+/m0/s1. The van der Waals surface area contributed by atoms with Gasteiger partial charge in [-0.05, 0) is 0 Å². The van der Waals surface area contributed by atoms with Gasteiger partial charge in [0.1, 0.15) is 134 Å². The van der Waals surface area contributed by atoms with Crippen molar-refractivity contribution in [2.45, 2.75) is 197 Å². The molecule has 12 bridgehead atoms. The molecule has 0 saturated carbocycles. The highest BCUT2D eigenvalue weighted by atomic mass is 16.8. The molecule has 35 heteroatoms. The number of fused-ring (bicyclic) bond motifs is 2. The predicted octanol–water partition coefficient (Wildman–Crippen LogP) is -13.4. The Balaban J connectivity index is 1.17. The Bertz CT molecular complexity index is 1870. The van der Waals surface area contributed by atoms with Gasteiger partial charge in [0.05, 0.1) is 58.5 Å². The smallest absolute Gasteiger partial charge is 0.218 e. The highest BCUT2D eigenvalue weighted by Gasteiger charge is 2.57. The second kappa shape index (κ2) is 27.6. The molecule has 0 aromatic heterocycles. The van der Waals surface area contributed by atoms with Crippen LogP contribution in [0.4, 0.5) is 0 Å². The lowest BCUT2D eigenvalue weighted by molar-refractivity contribution is -0.389. The number of ether oxygens (including phenoxy) is 13. The zero-order valence-electron chi connectivity index (χ0n) is 41.0. The van der Waals surface area contributed by atoms with Crippen molar-refractivity contribution < 1.29 is 174 Å². The summed E-state index contributed by atoms with van der Waals surface area (Å²) in [6.45, 7) is -7.81. The summed E-state index contributed by atoms with van der Waals surface area (Å²) in [5.74, 6) is -4.28. The van der Waals surface area contributed by atoms with Gasteiger partial charge in [-0.3, -0.25) is 0 Å². The van der Waals surface area contributed by atoms with E-state index in [2.05, 4.69) is 0 Å². The van der Waals surface area contributed by atoms with Crippen LogP contribution in [0.15, 0.2) is 11.5 Å². The largest absolute Gasteiger partial charge is 0.506 e. The molecule has 0 aliphatic carbocycles. The van der Waals surface area contributed by atoms with Gasteiger partial charge in [-0.1, -0.05) is 0 Å². The molecule has 78 heavy (non-hydrogen) atoms. The fourth-order valence-electron chi connectivity index (χ4n) is 10.1. The third-order valence-corrected chi connectivity index (χ3v) is 14.5. The van der Waals surface area contributed by atoms with Gasteiger partial charge < -0.3 is 174 Å². The van der Waals surface area contributed by atoms with Gasteiger partial charge in [-0.15, -0.1) is 0 Å². The van der Waals surface area contributed by atoms with Crippen LogP contribution in [-0.4, -0.2) is 356 Å². The molecule has 35 nitrogen and oxygen atoms in total. The molecule has 15 aliphatic rings. The van der Waals surface area contributed by atoms with Crippen LogP contribution < -0.4 is 0 Å². The van der Waals surface area contributed by atoms with Crippen molar-refractivity contribution in [2.24, 2.45) is 5.92 Å². The fourth-order valence-corrected chi connectivity index (χ4v) is 10.1. The average molecular weight is 1150 g/mol. The van der Waals surface area contributed by atoms with Crippen LogP contribution in [0, 0.1) is 5.92 Å². The lowest BCUT2D eigenvalue weighted by atomic mass is 9.89. The van der Waals surface area contributed by atoms with E-state index in [1.807, 2.05) is 0 Å². The Labute approximate surface area is 440 Å². The second-order valence-electron chi connectivity index (χ2n) is 19.5. The zero-order valence-corrected chi connectivity index (χ0v) is 41.0. The third kappa shape index (κ3) is 13.0. The van der Waals surface area contributed by atoms with E-state index in [4.69, 9.17) is 61.6 Å². The summed E-state index contributed by atoms with van der Waals surface area (Å²) in [4.78, 5) is 0. The van der Waals surface area contributed by atoms with Crippen molar-refractivity contribution in [3.05, 3.63) is 11.5 Å². The number of hydrogen-bond donors (Lipinski definition) is 22. The molecule has 6 saturated heterocycles. The maximum absolute atomic E-state index is 11.3. The van der Waals surface area contributed by atoms with Crippen LogP contribution in [0.3, 0.4) is 0 Å². The van der Waals surface area contributed by atoms with E-state index in [0.29, 0.717) is 0 Å². The number of rotatable bonds is 8. The SMILES string of the molecule is OCC[C@H]1O[C@H]2OC(CO)[C@@H](O[C@H]3OC(CO)[C@@H](O[C@H]4OC(CO)[C@@H](O[C@H]5OC(CO)[C@H](CO[C@H]6OC(CO)[C@@H](O[C@H]7OC(CO)[C@@H](O[C@@H](O)/C(O)=C\1O)C(O)[C@H]7O)C(O)C6O)C(O)[C@@H]5O)[C@H](O)C4O)C(O)[C@@H]3O)[C@H](O)C2O. The summed E-state index contributed by atoms with van der Waals surface area (Å²) in [5, 5.41) is 239. The summed E-state index contributed by atoms with van der Waals surface area (Å²) in [5.41, 5.74) is 0. The molecule has 15 heterocycles. The molecular formula is C43H72O35. The number of aliphatic hydroxyl groups is 22. The Morgan fingerprint density at radius 2 is 0.577 bits per heavy atom. The van der Waals surface area contributed by atoms with E-state index in [1.165, 1.54) is 0 Å². The predicted molar refractivity (Wildman–Crippen MR) is 235 cm³/mol. The highest BCUT2D eigenvalue weighted by Crippen LogP contribution is 2.38. The van der Waals surface area contributed by atoms with E-state index in [9.17, 15) is 112 Å². The minimum absolute atomic E-state index is 0.676. The molecule has 32 atom stereocenters. The zero-order chi connectivity index (χ0) is 57.2. The van der Waals surface area contributed by atoms with E-state index in [1.54, 1.807) is 0 Å². The van der Waals surface area contributed by atoms with Crippen molar-refractivity contribution >= 4 is 0 Å². The molecular weight excluding hydrogens is 1080 g/mol. The molecule has 13 unspecified atom stereocenters. The molecule has 0 aromatic carbocycles. The molecule has 15 aliphatic heterocycles. The third-order valence-electron chi connectivity index (χ3n) is 14.5. The maximum Gasteiger partial charge on any atom is 0.218 e. The molecule has 0 aromatic rings. The first-order valence-corrected chi connectivity index (χ1v) is 24.8. The van der Waals surface area contributed by atoms with Crippen LogP contribution in [0.1, 0.15) is 6.42 Å². The Morgan fingerprint density at radius 3 is 0.910 bits per heavy atom. The normalized spacial score (nSPS) is 52.5. The first kappa shape index (κ1) is 63.6. The van der Waals surface area contributed by atoms with Gasteiger partial charge in [-0.2, -0.15) is 0 Å². The van der Waals surface area contributed by atoms with E-state index < -0.39 is 267 Å². The summed E-state index contributed by atoms with van der Waals surface area (Å²) >= 11 is 0. The molecule has 0 radical (unpaired) electrons. The minimum atomic E-state index is -2.70. The summed E-state index contributed by atoms with van der Waals surface area (Å²) in [6.07, 6.45) is -63.1.